The lowest BCUT2D eigenvalue weighted by Crippen LogP contribution is -2.38. The summed E-state index contributed by atoms with van der Waals surface area (Å²) in [6.45, 7) is 3.60. The van der Waals surface area contributed by atoms with Gasteiger partial charge in [0.25, 0.3) is 11.8 Å². The molecule has 0 atom stereocenters. The van der Waals surface area contributed by atoms with Gasteiger partial charge in [-0.05, 0) is 37.0 Å². The smallest absolute Gasteiger partial charge is 0.292 e. The van der Waals surface area contributed by atoms with Crippen LogP contribution >= 0.6 is 0 Å². The highest BCUT2D eigenvalue weighted by atomic mass is 16.5. The molecule has 0 radical (unpaired) electrons. The van der Waals surface area contributed by atoms with Gasteiger partial charge in [-0.25, -0.2) is 4.98 Å². The van der Waals surface area contributed by atoms with Gasteiger partial charge in [0.15, 0.2) is 0 Å². The molecular weight excluding hydrogens is 406 g/mol. The number of aryl methyl sites for hydroxylation is 1. The number of nitrogens with zero attached hydrogens (tertiary/aromatic N) is 3. The molecule has 3 N–H and O–H groups in total. The van der Waals surface area contributed by atoms with E-state index in [0.717, 1.165) is 36.2 Å². The van der Waals surface area contributed by atoms with Crippen molar-refractivity contribution in [1.29, 1.82) is 0 Å². The van der Waals surface area contributed by atoms with Crippen LogP contribution in [-0.2, 0) is 13.0 Å². The fourth-order valence-electron chi connectivity index (χ4n) is 3.90. The predicted molar refractivity (Wildman–Crippen MR) is 120 cm³/mol. The molecule has 1 aliphatic rings. The van der Waals surface area contributed by atoms with E-state index in [1.54, 1.807) is 17.0 Å². The first-order valence-electron chi connectivity index (χ1n) is 10.9. The first kappa shape index (κ1) is 21.5. The third kappa shape index (κ3) is 4.80. The zero-order chi connectivity index (χ0) is 22.5. The predicted octanol–water partition coefficient (Wildman–Crippen LogP) is 3.16. The average Bonchev–Trinajstić information content (AvgIpc) is 3.32. The highest BCUT2D eigenvalue weighted by Gasteiger charge is 2.28. The molecular formula is C24H27N5O3. The fourth-order valence-corrected chi connectivity index (χ4v) is 3.90. The van der Waals surface area contributed by atoms with E-state index in [4.69, 9.17) is 10.3 Å². The Morgan fingerprint density at radius 2 is 1.91 bits per heavy atom. The maximum absolute atomic E-state index is 12.6. The number of carbonyl (C=O) groups is 2. The molecule has 1 aromatic carbocycles. The average molecular weight is 434 g/mol. The number of anilines is 1. The van der Waals surface area contributed by atoms with E-state index in [0.29, 0.717) is 25.2 Å². The molecule has 2 aromatic heterocycles. The summed E-state index contributed by atoms with van der Waals surface area (Å²) in [6, 6.07) is 15.0. The summed E-state index contributed by atoms with van der Waals surface area (Å²) in [5.41, 5.74) is 9.12. The van der Waals surface area contributed by atoms with E-state index in [-0.39, 0.29) is 29.3 Å². The molecule has 32 heavy (non-hydrogen) atoms. The number of benzene rings is 1. The molecule has 1 saturated heterocycles. The SMILES string of the molecule is CCc1cc(C(=O)N2CCC(c3ccc(C(=O)NCc4ccccc4)c(N)n3)CC2)on1. The van der Waals surface area contributed by atoms with Crippen molar-refractivity contribution < 1.29 is 14.1 Å². The van der Waals surface area contributed by atoms with E-state index in [1.165, 1.54) is 0 Å². The van der Waals surface area contributed by atoms with Gasteiger partial charge in [-0.3, -0.25) is 9.59 Å². The van der Waals surface area contributed by atoms with Crippen molar-refractivity contribution in [2.45, 2.75) is 38.6 Å². The number of nitrogens with two attached hydrogens (primary N) is 1. The molecule has 4 rings (SSSR count). The Morgan fingerprint density at radius 1 is 1.16 bits per heavy atom. The molecule has 0 saturated carbocycles. The second-order valence-electron chi connectivity index (χ2n) is 7.94. The number of nitrogen functional groups attached to an aromatic ring is 1. The third-order valence-electron chi connectivity index (χ3n) is 5.82. The molecule has 0 unspecified atom stereocenters. The number of aromatic nitrogens is 2. The van der Waals surface area contributed by atoms with E-state index >= 15 is 0 Å². The Morgan fingerprint density at radius 3 is 2.56 bits per heavy atom. The highest BCUT2D eigenvalue weighted by Crippen LogP contribution is 2.29. The van der Waals surface area contributed by atoms with E-state index < -0.39 is 0 Å². The van der Waals surface area contributed by atoms with Crippen molar-refractivity contribution >= 4 is 17.6 Å². The number of likely N-dealkylation sites (tertiary alicyclic amines) is 1. The van der Waals surface area contributed by atoms with E-state index in [1.807, 2.05) is 43.3 Å². The summed E-state index contributed by atoms with van der Waals surface area (Å²) >= 11 is 0. The molecule has 166 valence electrons. The Hall–Kier alpha value is -3.68. The largest absolute Gasteiger partial charge is 0.383 e. The number of carbonyl (C=O) groups excluding carboxylic acids is 2. The zero-order valence-corrected chi connectivity index (χ0v) is 18.1. The zero-order valence-electron chi connectivity index (χ0n) is 18.1. The van der Waals surface area contributed by atoms with Crippen LogP contribution in [0.3, 0.4) is 0 Å². The fraction of sp³-hybridized carbons (Fsp3) is 0.333. The number of amides is 2. The number of hydrogen-bond donors (Lipinski definition) is 2. The van der Waals surface area contributed by atoms with Crippen LogP contribution in [0.4, 0.5) is 5.82 Å². The van der Waals surface area contributed by atoms with Crippen molar-refractivity contribution in [3.8, 4) is 0 Å². The lowest BCUT2D eigenvalue weighted by atomic mass is 9.92. The lowest BCUT2D eigenvalue weighted by Gasteiger charge is -2.31. The number of nitrogens with one attached hydrogen (secondary N) is 1. The minimum Gasteiger partial charge on any atom is -0.383 e. The van der Waals surface area contributed by atoms with Crippen LogP contribution in [0, 0.1) is 0 Å². The summed E-state index contributed by atoms with van der Waals surface area (Å²) in [5, 5.41) is 6.77. The van der Waals surface area contributed by atoms with E-state index in [2.05, 4.69) is 15.5 Å². The summed E-state index contributed by atoms with van der Waals surface area (Å²) in [4.78, 5) is 31.4. The van der Waals surface area contributed by atoms with Crippen molar-refractivity contribution in [2.24, 2.45) is 0 Å². The maximum Gasteiger partial charge on any atom is 0.292 e. The van der Waals surface area contributed by atoms with Gasteiger partial charge in [0, 0.05) is 37.3 Å². The molecule has 8 nitrogen and oxygen atoms in total. The van der Waals surface area contributed by atoms with Gasteiger partial charge < -0.3 is 20.5 Å². The topological polar surface area (TPSA) is 114 Å². The third-order valence-corrected chi connectivity index (χ3v) is 5.82. The summed E-state index contributed by atoms with van der Waals surface area (Å²) in [6.07, 6.45) is 2.27. The van der Waals surface area contributed by atoms with Crippen LogP contribution in [0.1, 0.15) is 63.5 Å². The quantitative estimate of drug-likeness (QED) is 0.617. The lowest BCUT2D eigenvalue weighted by molar-refractivity contribution is 0.0669. The summed E-state index contributed by atoms with van der Waals surface area (Å²) in [7, 11) is 0. The van der Waals surface area contributed by atoms with Crippen molar-refractivity contribution in [3.05, 3.63) is 76.8 Å². The first-order valence-corrected chi connectivity index (χ1v) is 10.9. The van der Waals surface area contributed by atoms with Crippen molar-refractivity contribution in [2.75, 3.05) is 18.8 Å². The Kier molecular flexibility index (Phi) is 6.49. The molecule has 1 fully saturated rings. The second kappa shape index (κ2) is 9.64. The molecule has 0 spiro atoms. The van der Waals surface area contributed by atoms with Crippen molar-refractivity contribution in [3.63, 3.8) is 0 Å². The number of hydrogen-bond acceptors (Lipinski definition) is 6. The number of rotatable bonds is 6. The van der Waals surface area contributed by atoms with Gasteiger partial charge in [-0.1, -0.05) is 42.4 Å². The van der Waals surface area contributed by atoms with Crippen LogP contribution in [0.5, 0.6) is 0 Å². The van der Waals surface area contributed by atoms with Gasteiger partial charge in [0.2, 0.25) is 5.76 Å². The van der Waals surface area contributed by atoms with Gasteiger partial charge in [-0.15, -0.1) is 0 Å². The van der Waals surface area contributed by atoms with Gasteiger partial charge in [0.1, 0.15) is 5.82 Å². The van der Waals surface area contributed by atoms with Crippen LogP contribution in [0.2, 0.25) is 0 Å². The van der Waals surface area contributed by atoms with Gasteiger partial charge in [-0.2, -0.15) is 0 Å². The monoisotopic (exact) mass is 433 g/mol. The van der Waals surface area contributed by atoms with Crippen molar-refractivity contribution in [1.82, 2.24) is 20.4 Å². The van der Waals surface area contributed by atoms with E-state index in [9.17, 15) is 9.59 Å². The molecule has 3 aromatic rings. The number of pyridine rings is 1. The van der Waals surface area contributed by atoms with Gasteiger partial charge in [0.05, 0.1) is 11.3 Å². The normalized spacial score (nSPS) is 14.3. The number of piperidine rings is 1. The molecule has 0 bridgehead atoms. The molecule has 8 heteroatoms. The Labute approximate surface area is 186 Å². The molecule has 1 aliphatic heterocycles. The summed E-state index contributed by atoms with van der Waals surface area (Å²) < 4.78 is 5.17. The van der Waals surface area contributed by atoms with Crippen LogP contribution < -0.4 is 11.1 Å². The van der Waals surface area contributed by atoms with Gasteiger partial charge >= 0.3 is 0 Å². The highest BCUT2D eigenvalue weighted by molar-refractivity contribution is 5.98. The van der Waals surface area contributed by atoms with Crippen LogP contribution in [-0.4, -0.2) is 39.9 Å². The summed E-state index contributed by atoms with van der Waals surface area (Å²) in [5.74, 6) is 0.315. The minimum atomic E-state index is -0.246. The Balaban J connectivity index is 1.34. The maximum atomic E-state index is 12.6. The molecule has 2 amide bonds. The Bertz CT molecular complexity index is 1090. The standard InChI is InChI=1S/C24H27N5O3/c1-2-18-14-21(32-28-18)24(31)29-12-10-17(11-13-29)20-9-8-19(22(25)27-20)23(30)26-15-16-6-4-3-5-7-16/h3-9,14,17H,2,10-13,15H2,1H3,(H2,25,27)(H,26,30). The van der Waals surface area contributed by atoms with Crippen LogP contribution in [0.15, 0.2) is 53.1 Å². The first-order chi connectivity index (χ1) is 15.5. The van der Waals surface area contributed by atoms with Crippen LogP contribution in [0.25, 0.3) is 0 Å². The minimum absolute atomic E-state index is 0.131. The molecule has 0 aliphatic carbocycles. The second-order valence-corrected chi connectivity index (χ2v) is 7.94. The molecule has 3 heterocycles.